The summed E-state index contributed by atoms with van der Waals surface area (Å²) in [6, 6.07) is 19.2. The molecule has 1 heterocycles. The maximum Gasteiger partial charge on any atom is 0.282 e. The van der Waals surface area contributed by atoms with E-state index < -0.39 is 0 Å². The van der Waals surface area contributed by atoms with E-state index >= 15 is 0 Å². The van der Waals surface area contributed by atoms with Crippen LogP contribution in [0.2, 0.25) is 0 Å². The second-order valence-electron chi connectivity index (χ2n) is 4.78. The quantitative estimate of drug-likeness (QED) is 0.707. The molecule has 1 amide bonds. The SMILES string of the molecule is Cn1ncc(Br)c1C(=O)N(c1ccccc1)c1ccccc1. The van der Waals surface area contributed by atoms with Crippen LogP contribution >= 0.6 is 15.9 Å². The lowest BCUT2D eigenvalue weighted by atomic mass is 10.2. The number of nitrogens with zero attached hydrogens (tertiary/aromatic N) is 3. The number of carbonyl (C=O) groups excluding carboxylic acids is 1. The Labute approximate surface area is 137 Å². The fraction of sp³-hybridized carbons (Fsp3) is 0.0588. The lowest BCUT2D eigenvalue weighted by molar-refractivity contribution is 0.0989. The van der Waals surface area contributed by atoms with Crippen LogP contribution in [0.3, 0.4) is 0 Å². The molecule has 0 saturated heterocycles. The Morgan fingerprint density at radius 3 is 1.91 bits per heavy atom. The molecule has 5 heteroatoms. The smallest absolute Gasteiger partial charge is 0.276 e. The van der Waals surface area contributed by atoms with Crippen molar-refractivity contribution in [3.05, 3.63) is 77.0 Å². The highest BCUT2D eigenvalue weighted by atomic mass is 79.9. The van der Waals surface area contributed by atoms with E-state index in [1.165, 1.54) is 0 Å². The predicted octanol–water partition coefficient (Wildman–Crippen LogP) is 4.16. The van der Waals surface area contributed by atoms with Crippen molar-refractivity contribution < 1.29 is 4.79 Å². The first-order valence-corrected chi connectivity index (χ1v) is 7.60. The summed E-state index contributed by atoms with van der Waals surface area (Å²) in [4.78, 5) is 14.8. The molecule has 0 bridgehead atoms. The Morgan fingerprint density at radius 1 is 1.00 bits per heavy atom. The summed E-state index contributed by atoms with van der Waals surface area (Å²) in [6.07, 6.45) is 1.63. The highest BCUT2D eigenvalue weighted by Gasteiger charge is 2.24. The molecule has 22 heavy (non-hydrogen) atoms. The zero-order chi connectivity index (χ0) is 15.5. The van der Waals surface area contributed by atoms with Crippen LogP contribution < -0.4 is 4.90 Å². The molecule has 0 aliphatic heterocycles. The normalized spacial score (nSPS) is 10.5. The van der Waals surface area contributed by atoms with E-state index in [-0.39, 0.29) is 5.91 Å². The van der Waals surface area contributed by atoms with E-state index in [0.29, 0.717) is 10.2 Å². The van der Waals surface area contributed by atoms with E-state index in [4.69, 9.17) is 0 Å². The number of para-hydroxylation sites is 2. The molecule has 0 aliphatic carbocycles. The Balaban J connectivity index is 2.13. The number of anilines is 2. The summed E-state index contributed by atoms with van der Waals surface area (Å²) in [6.45, 7) is 0. The molecule has 0 N–H and O–H groups in total. The average molecular weight is 356 g/mol. The van der Waals surface area contributed by atoms with Crippen LogP contribution in [0.15, 0.2) is 71.3 Å². The summed E-state index contributed by atoms with van der Waals surface area (Å²) in [5.41, 5.74) is 2.13. The minimum Gasteiger partial charge on any atom is -0.276 e. The van der Waals surface area contributed by atoms with Gasteiger partial charge in [-0.3, -0.25) is 14.4 Å². The summed E-state index contributed by atoms with van der Waals surface area (Å²) in [5.74, 6) is -0.135. The second kappa shape index (κ2) is 6.15. The van der Waals surface area contributed by atoms with Gasteiger partial charge >= 0.3 is 0 Å². The Hall–Kier alpha value is -2.40. The topological polar surface area (TPSA) is 38.1 Å². The van der Waals surface area contributed by atoms with Gasteiger partial charge in [0.25, 0.3) is 5.91 Å². The number of hydrogen-bond donors (Lipinski definition) is 0. The van der Waals surface area contributed by atoms with Gasteiger partial charge in [-0.25, -0.2) is 0 Å². The molecule has 0 aliphatic rings. The van der Waals surface area contributed by atoms with Crippen molar-refractivity contribution in [1.82, 2.24) is 9.78 Å². The molecule has 0 unspecified atom stereocenters. The van der Waals surface area contributed by atoms with Gasteiger partial charge in [0, 0.05) is 18.4 Å². The first kappa shape index (κ1) is 14.5. The van der Waals surface area contributed by atoms with E-state index in [1.807, 2.05) is 60.7 Å². The van der Waals surface area contributed by atoms with Crippen LogP contribution in [0, 0.1) is 0 Å². The van der Waals surface area contributed by atoms with Gasteiger partial charge in [-0.2, -0.15) is 5.10 Å². The third-order valence-electron chi connectivity index (χ3n) is 3.33. The minimum atomic E-state index is -0.135. The molecule has 0 fully saturated rings. The van der Waals surface area contributed by atoms with Crippen molar-refractivity contribution in [2.75, 3.05) is 4.90 Å². The fourth-order valence-electron chi connectivity index (χ4n) is 2.29. The highest BCUT2D eigenvalue weighted by molar-refractivity contribution is 9.10. The van der Waals surface area contributed by atoms with Gasteiger partial charge in [0.05, 0.1) is 10.7 Å². The molecule has 0 atom stereocenters. The molecular weight excluding hydrogens is 342 g/mol. The van der Waals surface area contributed by atoms with E-state index in [0.717, 1.165) is 11.4 Å². The van der Waals surface area contributed by atoms with Crippen LogP contribution in [0.1, 0.15) is 10.5 Å². The van der Waals surface area contributed by atoms with E-state index in [1.54, 1.807) is 22.8 Å². The summed E-state index contributed by atoms with van der Waals surface area (Å²) >= 11 is 3.40. The monoisotopic (exact) mass is 355 g/mol. The lowest BCUT2D eigenvalue weighted by Crippen LogP contribution is -2.28. The third-order valence-corrected chi connectivity index (χ3v) is 3.91. The molecule has 110 valence electrons. The molecule has 2 aromatic carbocycles. The lowest BCUT2D eigenvalue weighted by Gasteiger charge is -2.23. The van der Waals surface area contributed by atoms with Crippen molar-refractivity contribution in [3.8, 4) is 0 Å². The number of hydrogen-bond acceptors (Lipinski definition) is 2. The number of halogens is 1. The zero-order valence-corrected chi connectivity index (χ0v) is 13.6. The van der Waals surface area contributed by atoms with Gasteiger partial charge < -0.3 is 0 Å². The maximum atomic E-state index is 13.1. The molecule has 1 aromatic heterocycles. The third kappa shape index (κ3) is 2.67. The Morgan fingerprint density at radius 2 is 1.50 bits per heavy atom. The number of aryl methyl sites for hydroxylation is 1. The molecule has 0 spiro atoms. The first-order chi connectivity index (χ1) is 10.7. The van der Waals surface area contributed by atoms with Crippen LogP contribution in [0.5, 0.6) is 0 Å². The summed E-state index contributed by atoms with van der Waals surface area (Å²) in [7, 11) is 1.76. The second-order valence-corrected chi connectivity index (χ2v) is 5.63. The first-order valence-electron chi connectivity index (χ1n) is 6.80. The van der Waals surface area contributed by atoms with Gasteiger partial charge in [-0.1, -0.05) is 36.4 Å². The fourth-order valence-corrected chi connectivity index (χ4v) is 2.81. The van der Waals surface area contributed by atoms with Crippen molar-refractivity contribution in [3.63, 3.8) is 0 Å². The van der Waals surface area contributed by atoms with Gasteiger partial charge in [0.2, 0.25) is 0 Å². The number of benzene rings is 2. The van der Waals surface area contributed by atoms with E-state index in [2.05, 4.69) is 21.0 Å². The van der Waals surface area contributed by atoms with E-state index in [9.17, 15) is 4.79 Å². The number of carbonyl (C=O) groups is 1. The Bertz CT molecular complexity index is 725. The average Bonchev–Trinajstić information content (AvgIpc) is 2.88. The van der Waals surface area contributed by atoms with Gasteiger partial charge in [0.15, 0.2) is 0 Å². The van der Waals surface area contributed by atoms with Crippen LogP contribution in [0.4, 0.5) is 11.4 Å². The van der Waals surface area contributed by atoms with Gasteiger partial charge in [-0.05, 0) is 40.2 Å². The van der Waals surface area contributed by atoms with Crippen molar-refractivity contribution in [1.29, 1.82) is 0 Å². The largest absolute Gasteiger partial charge is 0.282 e. The standard InChI is InChI=1S/C17H14BrN3O/c1-20-16(15(18)12-19-20)17(22)21(13-8-4-2-5-9-13)14-10-6-3-7-11-14/h2-12H,1H3. The van der Waals surface area contributed by atoms with Crippen molar-refractivity contribution in [2.45, 2.75) is 0 Å². The number of amides is 1. The minimum absolute atomic E-state index is 0.135. The van der Waals surface area contributed by atoms with Gasteiger partial charge in [0.1, 0.15) is 5.69 Å². The van der Waals surface area contributed by atoms with Crippen LogP contribution in [0.25, 0.3) is 0 Å². The zero-order valence-electron chi connectivity index (χ0n) is 12.0. The number of aromatic nitrogens is 2. The maximum absolute atomic E-state index is 13.1. The van der Waals surface area contributed by atoms with Crippen LogP contribution in [-0.4, -0.2) is 15.7 Å². The highest BCUT2D eigenvalue weighted by Crippen LogP contribution is 2.29. The molecular formula is C17H14BrN3O. The molecule has 4 nitrogen and oxygen atoms in total. The van der Waals surface area contributed by atoms with Gasteiger partial charge in [-0.15, -0.1) is 0 Å². The number of rotatable bonds is 3. The Kier molecular flexibility index (Phi) is 4.06. The summed E-state index contributed by atoms with van der Waals surface area (Å²) in [5, 5.41) is 4.13. The molecule has 3 aromatic rings. The summed E-state index contributed by atoms with van der Waals surface area (Å²) < 4.78 is 2.25. The van der Waals surface area contributed by atoms with Crippen molar-refractivity contribution >= 4 is 33.2 Å². The van der Waals surface area contributed by atoms with Crippen molar-refractivity contribution in [2.24, 2.45) is 7.05 Å². The van der Waals surface area contributed by atoms with Crippen LogP contribution in [-0.2, 0) is 7.05 Å². The molecule has 3 rings (SSSR count). The molecule has 0 saturated carbocycles. The predicted molar refractivity (Wildman–Crippen MR) is 90.3 cm³/mol. The molecule has 0 radical (unpaired) electrons.